The van der Waals surface area contributed by atoms with Gasteiger partial charge in [0.2, 0.25) is 10.0 Å². The van der Waals surface area contributed by atoms with Gasteiger partial charge in [0.05, 0.1) is 27.5 Å². The number of carbonyl (C=O) groups excluding carboxylic acids is 1. The molecule has 12 heteroatoms. The maximum absolute atomic E-state index is 12.6. The zero-order chi connectivity index (χ0) is 24.4. The van der Waals surface area contributed by atoms with Crippen molar-refractivity contribution in [2.75, 3.05) is 21.0 Å². The molecule has 33 heavy (non-hydrogen) atoms. The molecule has 3 aromatic carbocycles. The second-order valence-electron chi connectivity index (χ2n) is 7.12. The average Bonchev–Trinajstić information content (AvgIpc) is 2.71. The molecule has 0 saturated carbocycles. The van der Waals surface area contributed by atoms with Crippen molar-refractivity contribution in [1.82, 2.24) is 0 Å². The highest BCUT2D eigenvalue weighted by molar-refractivity contribution is 7.92. The summed E-state index contributed by atoms with van der Waals surface area (Å²) in [6.07, 6.45) is 0.985. The third-order valence-electron chi connectivity index (χ3n) is 4.37. The van der Waals surface area contributed by atoms with Crippen molar-refractivity contribution in [3.05, 3.63) is 81.8 Å². The Balaban J connectivity index is 1.71. The number of hydrogen-bond acceptors (Lipinski definition) is 5. The average molecular weight is 528 g/mol. The van der Waals surface area contributed by atoms with Crippen LogP contribution in [0.1, 0.15) is 15.9 Å². The van der Waals surface area contributed by atoms with Crippen LogP contribution < -0.4 is 14.8 Å². The van der Waals surface area contributed by atoms with Gasteiger partial charge in [0.25, 0.3) is 15.9 Å². The third kappa shape index (κ3) is 6.61. The monoisotopic (exact) mass is 527 g/mol. The molecular formula is C21H19Cl2N3O5S2. The fourth-order valence-corrected chi connectivity index (χ4v) is 4.82. The van der Waals surface area contributed by atoms with E-state index in [1.807, 2.05) is 6.92 Å². The highest BCUT2D eigenvalue weighted by Crippen LogP contribution is 2.25. The Bertz CT molecular complexity index is 1420. The fraction of sp³-hybridized carbons (Fsp3) is 0.0952. The Hall–Kier alpha value is -2.79. The van der Waals surface area contributed by atoms with Gasteiger partial charge in [0, 0.05) is 16.3 Å². The number of aryl methyl sites for hydroxylation is 1. The van der Waals surface area contributed by atoms with Crippen molar-refractivity contribution >= 4 is 66.2 Å². The Kier molecular flexibility index (Phi) is 7.23. The summed E-state index contributed by atoms with van der Waals surface area (Å²) in [6.45, 7) is 1.81. The maximum Gasteiger partial charge on any atom is 0.261 e. The van der Waals surface area contributed by atoms with Gasteiger partial charge < -0.3 is 5.32 Å². The molecule has 0 atom stereocenters. The second-order valence-corrected chi connectivity index (χ2v) is 11.4. The topological polar surface area (TPSA) is 121 Å². The van der Waals surface area contributed by atoms with E-state index in [0.717, 1.165) is 11.8 Å². The molecule has 0 spiro atoms. The molecule has 0 radical (unpaired) electrons. The van der Waals surface area contributed by atoms with E-state index >= 15 is 0 Å². The van der Waals surface area contributed by atoms with Crippen LogP contribution in [0.5, 0.6) is 0 Å². The quantitative estimate of drug-likeness (QED) is 0.410. The molecule has 0 unspecified atom stereocenters. The molecule has 0 aliphatic heterocycles. The zero-order valence-electron chi connectivity index (χ0n) is 17.4. The molecule has 0 bridgehead atoms. The summed E-state index contributed by atoms with van der Waals surface area (Å²) >= 11 is 12.1. The number of amides is 1. The van der Waals surface area contributed by atoms with Gasteiger partial charge in [-0.3, -0.25) is 14.2 Å². The van der Waals surface area contributed by atoms with Gasteiger partial charge in [-0.15, -0.1) is 0 Å². The first-order valence-electron chi connectivity index (χ1n) is 9.32. The largest absolute Gasteiger partial charge is 0.322 e. The first-order chi connectivity index (χ1) is 15.3. The summed E-state index contributed by atoms with van der Waals surface area (Å²) in [4.78, 5) is 12.5. The van der Waals surface area contributed by atoms with E-state index in [0.29, 0.717) is 16.4 Å². The van der Waals surface area contributed by atoms with E-state index in [1.165, 1.54) is 48.5 Å². The van der Waals surface area contributed by atoms with Crippen molar-refractivity contribution in [2.24, 2.45) is 0 Å². The first-order valence-corrected chi connectivity index (χ1v) is 13.4. The van der Waals surface area contributed by atoms with Gasteiger partial charge in [-0.2, -0.15) is 0 Å². The van der Waals surface area contributed by atoms with Crippen LogP contribution in [0.25, 0.3) is 0 Å². The summed E-state index contributed by atoms with van der Waals surface area (Å²) in [6, 6.07) is 14.5. The van der Waals surface area contributed by atoms with Gasteiger partial charge >= 0.3 is 0 Å². The molecule has 0 aromatic heterocycles. The lowest BCUT2D eigenvalue weighted by Gasteiger charge is -2.11. The number of rotatable bonds is 7. The maximum atomic E-state index is 12.6. The van der Waals surface area contributed by atoms with Crippen molar-refractivity contribution < 1.29 is 21.6 Å². The van der Waals surface area contributed by atoms with Crippen molar-refractivity contribution in [3.8, 4) is 0 Å². The predicted molar refractivity (Wildman–Crippen MR) is 131 cm³/mol. The fourth-order valence-electron chi connectivity index (χ4n) is 2.73. The van der Waals surface area contributed by atoms with E-state index in [2.05, 4.69) is 14.8 Å². The Morgan fingerprint density at radius 3 is 2.00 bits per heavy atom. The molecule has 174 valence electrons. The van der Waals surface area contributed by atoms with E-state index in [9.17, 15) is 21.6 Å². The Morgan fingerprint density at radius 2 is 1.42 bits per heavy atom. The Labute approximate surface area is 202 Å². The lowest BCUT2D eigenvalue weighted by atomic mass is 10.2. The SMILES string of the molecule is Cc1ccc(NS(=O)(=O)c2ccc(NC(=O)c3ccc(NS(C)(=O)=O)c(Cl)c3)cc2)cc1Cl. The smallest absolute Gasteiger partial charge is 0.261 e. The molecule has 0 aliphatic rings. The third-order valence-corrected chi connectivity index (χ3v) is 7.08. The van der Waals surface area contributed by atoms with Crippen molar-refractivity contribution in [3.63, 3.8) is 0 Å². The normalized spacial score (nSPS) is 11.6. The van der Waals surface area contributed by atoms with Gasteiger partial charge in [-0.25, -0.2) is 16.8 Å². The predicted octanol–water partition coefficient (Wildman–Crippen LogP) is 4.73. The first kappa shape index (κ1) is 24.8. The van der Waals surface area contributed by atoms with Gasteiger partial charge in [0.15, 0.2) is 0 Å². The summed E-state index contributed by atoms with van der Waals surface area (Å²) in [5, 5.41) is 3.12. The molecule has 0 fully saturated rings. The minimum absolute atomic E-state index is 0.00329. The number of hydrogen-bond donors (Lipinski definition) is 3. The summed E-state index contributed by atoms with van der Waals surface area (Å²) in [5.74, 6) is -0.508. The molecule has 3 aromatic rings. The highest BCUT2D eigenvalue weighted by atomic mass is 35.5. The minimum atomic E-state index is -3.86. The number of nitrogens with one attached hydrogen (secondary N) is 3. The Morgan fingerprint density at radius 1 is 0.788 bits per heavy atom. The van der Waals surface area contributed by atoms with Crippen LogP contribution in [0.3, 0.4) is 0 Å². The van der Waals surface area contributed by atoms with Crippen LogP contribution in [0.2, 0.25) is 10.0 Å². The molecule has 0 saturated heterocycles. The standard InChI is InChI=1S/C21H19Cl2N3O5S2/c1-13-3-5-16(12-18(13)22)25-33(30,31)17-8-6-15(7-9-17)24-21(27)14-4-10-20(19(23)11-14)26-32(2,28)29/h3-12,25-26H,1-2H3,(H,24,27). The molecule has 3 rings (SSSR count). The molecule has 8 nitrogen and oxygen atoms in total. The zero-order valence-corrected chi connectivity index (χ0v) is 20.5. The van der Waals surface area contributed by atoms with E-state index in [4.69, 9.17) is 23.2 Å². The molecule has 0 heterocycles. The summed E-state index contributed by atoms with van der Waals surface area (Å²) < 4.78 is 52.6. The minimum Gasteiger partial charge on any atom is -0.322 e. The molecule has 0 aliphatic carbocycles. The molecule has 3 N–H and O–H groups in total. The lowest BCUT2D eigenvalue weighted by molar-refractivity contribution is 0.102. The number of anilines is 3. The number of carbonyl (C=O) groups is 1. The van der Waals surface area contributed by atoms with Gasteiger partial charge in [-0.05, 0) is 67.1 Å². The van der Waals surface area contributed by atoms with E-state index in [1.54, 1.807) is 12.1 Å². The van der Waals surface area contributed by atoms with Crippen LogP contribution in [0.4, 0.5) is 17.1 Å². The van der Waals surface area contributed by atoms with Crippen LogP contribution >= 0.6 is 23.2 Å². The van der Waals surface area contributed by atoms with Crippen molar-refractivity contribution in [2.45, 2.75) is 11.8 Å². The van der Waals surface area contributed by atoms with E-state index < -0.39 is 26.0 Å². The lowest BCUT2D eigenvalue weighted by Crippen LogP contribution is -2.14. The van der Waals surface area contributed by atoms with Crippen LogP contribution in [0.15, 0.2) is 65.6 Å². The van der Waals surface area contributed by atoms with Crippen LogP contribution in [-0.2, 0) is 20.0 Å². The number of benzene rings is 3. The number of sulfonamides is 2. The van der Waals surface area contributed by atoms with Crippen molar-refractivity contribution in [1.29, 1.82) is 0 Å². The van der Waals surface area contributed by atoms with E-state index in [-0.39, 0.29) is 21.2 Å². The number of halogens is 2. The molecular weight excluding hydrogens is 509 g/mol. The van der Waals surface area contributed by atoms with Gasteiger partial charge in [0.1, 0.15) is 0 Å². The van der Waals surface area contributed by atoms with Crippen LogP contribution in [0, 0.1) is 6.92 Å². The summed E-state index contributed by atoms with van der Waals surface area (Å²) in [7, 11) is -7.38. The molecule has 1 amide bonds. The highest BCUT2D eigenvalue weighted by Gasteiger charge is 2.16. The summed E-state index contributed by atoms with van der Waals surface area (Å²) in [5.41, 5.74) is 1.84. The van der Waals surface area contributed by atoms with Crippen LogP contribution in [-0.4, -0.2) is 29.0 Å². The van der Waals surface area contributed by atoms with Gasteiger partial charge in [-0.1, -0.05) is 29.3 Å². The second kappa shape index (κ2) is 9.60.